The highest BCUT2D eigenvalue weighted by molar-refractivity contribution is 5.41. The Morgan fingerprint density at radius 1 is 1.50 bits per heavy atom. The van der Waals surface area contributed by atoms with Gasteiger partial charge in [0.15, 0.2) is 0 Å². The van der Waals surface area contributed by atoms with Crippen molar-refractivity contribution in [3.8, 4) is 0 Å². The highest BCUT2D eigenvalue weighted by Crippen LogP contribution is 2.28. The van der Waals surface area contributed by atoms with Crippen molar-refractivity contribution in [3.05, 3.63) is 21.5 Å². The lowest BCUT2D eigenvalue weighted by Crippen LogP contribution is -2.37. The summed E-state index contributed by atoms with van der Waals surface area (Å²) in [6, 6.07) is -0.141. The van der Waals surface area contributed by atoms with Crippen LogP contribution in [-0.2, 0) is 13.0 Å². The first-order valence-corrected chi connectivity index (χ1v) is 6.14. The molecular weight excluding hydrogens is 232 g/mol. The average molecular weight is 254 g/mol. The van der Waals surface area contributed by atoms with Crippen LogP contribution < -0.4 is 5.73 Å². The van der Waals surface area contributed by atoms with Gasteiger partial charge in [-0.05, 0) is 19.3 Å². The van der Waals surface area contributed by atoms with Crippen LogP contribution in [0.2, 0.25) is 0 Å². The second-order valence-corrected chi connectivity index (χ2v) is 5.63. The molecule has 0 aliphatic carbocycles. The van der Waals surface area contributed by atoms with E-state index in [2.05, 4.69) is 5.10 Å². The van der Waals surface area contributed by atoms with Gasteiger partial charge in [-0.2, -0.15) is 5.10 Å². The van der Waals surface area contributed by atoms with Crippen molar-refractivity contribution in [2.24, 2.45) is 11.1 Å². The van der Waals surface area contributed by atoms with Gasteiger partial charge >= 0.3 is 5.69 Å². The molecule has 18 heavy (non-hydrogen) atoms. The molecule has 102 valence electrons. The molecule has 1 atom stereocenters. The third-order valence-electron chi connectivity index (χ3n) is 3.21. The SMILES string of the molecule is CCn1nc(C)c([N+](=O)[O-])c1CC(N)C(C)(C)C. The van der Waals surface area contributed by atoms with E-state index in [9.17, 15) is 10.1 Å². The first kappa shape index (κ1) is 14.6. The van der Waals surface area contributed by atoms with E-state index >= 15 is 0 Å². The molecule has 0 radical (unpaired) electrons. The van der Waals surface area contributed by atoms with Gasteiger partial charge in [-0.15, -0.1) is 0 Å². The van der Waals surface area contributed by atoms with E-state index in [-0.39, 0.29) is 22.1 Å². The topological polar surface area (TPSA) is 87.0 Å². The third kappa shape index (κ3) is 2.87. The maximum atomic E-state index is 11.1. The molecule has 6 nitrogen and oxygen atoms in total. The smallest absolute Gasteiger partial charge is 0.313 e. The fraction of sp³-hybridized carbons (Fsp3) is 0.750. The van der Waals surface area contributed by atoms with Gasteiger partial charge in [0.05, 0.1) is 4.92 Å². The van der Waals surface area contributed by atoms with Crippen molar-refractivity contribution in [1.29, 1.82) is 0 Å². The molecule has 0 fully saturated rings. The van der Waals surface area contributed by atoms with E-state index in [0.29, 0.717) is 24.4 Å². The van der Waals surface area contributed by atoms with Gasteiger partial charge in [-0.25, -0.2) is 0 Å². The quantitative estimate of drug-likeness (QED) is 0.658. The van der Waals surface area contributed by atoms with Gasteiger partial charge in [0.2, 0.25) is 0 Å². The normalized spacial score (nSPS) is 13.7. The van der Waals surface area contributed by atoms with Gasteiger partial charge in [0.25, 0.3) is 0 Å². The largest absolute Gasteiger partial charge is 0.327 e. The van der Waals surface area contributed by atoms with Crippen LogP contribution in [0.1, 0.15) is 39.1 Å². The Morgan fingerprint density at radius 3 is 2.44 bits per heavy atom. The number of aryl methyl sites for hydroxylation is 2. The molecule has 0 aromatic carbocycles. The molecule has 1 rings (SSSR count). The molecule has 0 aliphatic heterocycles. The summed E-state index contributed by atoms with van der Waals surface area (Å²) in [5, 5.41) is 15.3. The monoisotopic (exact) mass is 254 g/mol. The van der Waals surface area contributed by atoms with Crippen LogP contribution in [0.5, 0.6) is 0 Å². The zero-order valence-electron chi connectivity index (χ0n) is 11.7. The summed E-state index contributed by atoms with van der Waals surface area (Å²) in [5.74, 6) is 0. The lowest BCUT2D eigenvalue weighted by molar-refractivity contribution is -0.386. The number of nitro groups is 1. The molecule has 1 aromatic heterocycles. The average Bonchev–Trinajstić information content (AvgIpc) is 2.53. The van der Waals surface area contributed by atoms with Gasteiger partial charge in [0, 0.05) is 19.0 Å². The molecule has 1 unspecified atom stereocenters. The van der Waals surface area contributed by atoms with Crippen molar-refractivity contribution in [1.82, 2.24) is 9.78 Å². The molecule has 1 aromatic rings. The van der Waals surface area contributed by atoms with Crippen LogP contribution in [0.4, 0.5) is 5.69 Å². The maximum absolute atomic E-state index is 11.1. The van der Waals surface area contributed by atoms with Gasteiger partial charge in [-0.1, -0.05) is 20.8 Å². The Labute approximate surface area is 107 Å². The summed E-state index contributed by atoms with van der Waals surface area (Å²) in [6.45, 7) is 10.3. The van der Waals surface area contributed by atoms with E-state index in [4.69, 9.17) is 5.73 Å². The third-order valence-corrected chi connectivity index (χ3v) is 3.21. The van der Waals surface area contributed by atoms with Crippen LogP contribution in [0.25, 0.3) is 0 Å². The zero-order valence-corrected chi connectivity index (χ0v) is 11.7. The number of nitrogens with two attached hydrogens (primary N) is 1. The Morgan fingerprint density at radius 2 is 2.06 bits per heavy atom. The number of hydrogen-bond acceptors (Lipinski definition) is 4. The highest BCUT2D eigenvalue weighted by atomic mass is 16.6. The summed E-state index contributed by atoms with van der Waals surface area (Å²) in [4.78, 5) is 10.8. The summed E-state index contributed by atoms with van der Waals surface area (Å²) in [7, 11) is 0. The predicted molar refractivity (Wildman–Crippen MR) is 70.4 cm³/mol. The summed E-state index contributed by atoms with van der Waals surface area (Å²) >= 11 is 0. The predicted octanol–water partition coefficient (Wildman–Crippen LogP) is 2.04. The maximum Gasteiger partial charge on any atom is 0.313 e. The number of hydrogen-bond donors (Lipinski definition) is 1. The van der Waals surface area contributed by atoms with Crippen LogP contribution in [-0.4, -0.2) is 20.7 Å². The molecule has 1 heterocycles. The minimum atomic E-state index is -0.362. The van der Waals surface area contributed by atoms with Crippen molar-refractivity contribution in [3.63, 3.8) is 0 Å². The van der Waals surface area contributed by atoms with Crippen LogP contribution >= 0.6 is 0 Å². The first-order valence-electron chi connectivity index (χ1n) is 6.14. The van der Waals surface area contributed by atoms with Crippen LogP contribution in [0, 0.1) is 22.5 Å². The fourth-order valence-corrected chi connectivity index (χ4v) is 1.84. The van der Waals surface area contributed by atoms with Crippen LogP contribution in [0.15, 0.2) is 0 Å². The Balaban J connectivity index is 3.18. The molecule has 0 bridgehead atoms. The van der Waals surface area contributed by atoms with Crippen molar-refractivity contribution >= 4 is 5.69 Å². The molecule has 0 saturated heterocycles. The van der Waals surface area contributed by atoms with Crippen molar-refractivity contribution in [2.75, 3.05) is 0 Å². The minimum absolute atomic E-state index is 0.0926. The number of rotatable bonds is 4. The number of aromatic nitrogens is 2. The van der Waals surface area contributed by atoms with Gasteiger partial charge < -0.3 is 5.73 Å². The van der Waals surface area contributed by atoms with Crippen molar-refractivity contribution in [2.45, 2.75) is 53.6 Å². The van der Waals surface area contributed by atoms with E-state index in [1.807, 2.05) is 27.7 Å². The Hall–Kier alpha value is -1.43. The standard InChI is InChI=1S/C12H22N4O2/c1-6-15-9(7-10(13)12(3,4)5)11(16(17)18)8(2)14-15/h10H,6-7,13H2,1-5H3. The summed E-state index contributed by atoms with van der Waals surface area (Å²) in [5.41, 5.74) is 7.22. The molecule has 0 saturated carbocycles. The molecule has 2 N–H and O–H groups in total. The Bertz CT molecular complexity index is 446. The molecule has 0 aliphatic rings. The first-order chi connectivity index (χ1) is 8.18. The van der Waals surface area contributed by atoms with E-state index in [0.717, 1.165) is 0 Å². The second kappa shape index (κ2) is 5.06. The molecule has 6 heteroatoms. The summed E-state index contributed by atoms with van der Waals surface area (Å²) in [6.07, 6.45) is 0.467. The van der Waals surface area contributed by atoms with Gasteiger partial charge in [0.1, 0.15) is 11.4 Å². The van der Waals surface area contributed by atoms with E-state index in [1.54, 1.807) is 11.6 Å². The summed E-state index contributed by atoms with van der Waals surface area (Å²) < 4.78 is 1.68. The number of nitrogens with zero attached hydrogens (tertiary/aromatic N) is 3. The fourth-order valence-electron chi connectivity index (χ4n) is 1.84. The highest BCUT2D eigenvalue weighted by Gasteiger charge is 2.29. The van der Waals surface area contributed by atoms with Crippen LogP contribution in [0.3, 0.4) is 0 Å². The minimum Gasteiger partial charge on any atom is -0.327 e. The lowest BCUT2D eigenvalue weighted by atomic mass is 9.84. The van der Waals surface area contributed by atoms with Gasteiger partial charge in [-0.3, -0.25) is 14.8 Å². The molecule has 0 spiro atoms. The van der Waals surface area contributed by atoms with E-state index < -0.39 is 0 Å². The zero-order chi connectivity index (χ0) is 14.1. The molecular formula is C12H22N4O2. The Kier molecular flexibility index (Phi) is 4.11. The van der Waals surface area contributed by atoms with Crippen molar-refractivity contribution < 1.29 is 4.92 Å². The van der Waals surface area contributed by atoms with E-state index in [1.165, 1.54) is 0 Å². The second-order valence-electron chi connectivity index (χ2n) is 5.63. The molecule has 0 amide bonds. The lowest BCUT2D eigenvalue weighted by Gasteiger charge is -2.26.